The van der Waals surface area contributed by atoms with Crippen LogP contribution in [0.4, 0.5) is 23.2 Å². The summed E-state index contributed by atoms with van der Waals surface area (Å²) < 4.78 is 52.7. The van der Waals surface area contributed by atoms with Gasteiger partial charge >= 0.3 is 6.18 Å². The van der Waals surface area contributed by atoms with Crippen LogP contribution in [0.1, 0.15) is 44.1 Å². The van der Waals surface area contributed by atoms with Crippen LogP contribution >= 0.6 is 11.8 Å². The lowest BCUT2D eigenvalue weighted by atomic mass is 9.49. The minimum absolute atomic E-state index is 0.173. The topological polar surface area (TPSA) is 23.6 Å². The number of carbonyl (C=O) groups excluding carboxylic acids is 1. The third-order valence-corrected chi connectivity index (χ3v) is 9.26. The molecule has 176 valence electrons. The van der Waals surface area contributed by atoms with Gasteiger partial charge in [-0.1, -0.05) is 0 Å². The Morgan fingerprint density at radius 2 is 1.59 bits per heavy atom. The van der Waals surface area contributed by atoms with Crippen LogP contribution in [0.25, 0.3) is 0 Å². The van der Waals surface area contributed by atoms with E-state index >= 15 is 0 Å². The summed E-state index contributed by atoms with van der Waals surface area (Å²) in [6.07, 6.45) is 2.71. The van der Waals surface area contributed by atoms with Gasteiger partial charge < -0.3 is 9.80 Å². The van der Waals surface area contributed by atoms with E-state index in [0.717, 1.165) is 19.3 Å². The van der Waals surface area contributed by atoms with E-state index in [-0.39, 0.29) is 5.41 Å². The first-order valence-electron chi connectivity index (χ1n) is 11.7. The molecule has 0 radical (unpaired) electrons. The summed E-state index contributed by atoms with van der Waals surface area (Å²) in [5.74, 6) is 1.01. The first-order chi connectivity index (χ1) is 15.1. The van der Waals surface area contributed by atoms with Gasteiger partial charge in [-0.25, -0.2) is 4.39 Å². The molecule has 5 aliphatic rings. The maximum atomic E-state index is 14.7. The molecule has 0 unspecified atom stereocenters. The SMILES string of the molecule is Cc1cc(F)c(N2CCN(C(=O)C34CC5CC(CC(C5)C3)C4)CC2)cc1SCC(F)(F)F. The molecule has 1 amide bonds. The molecule has 0 spiro atoms. The summed E-state index contributed by atoms with van der Waals surface area (Å²) in [5.41, 5.74) is 0.672. The van der Waals surface area contributed by atoms with Crippen molar-refractivity contribution in [2.75, 3.05) is 36.8 Å². The zero-order valence-electron chi connectivity index (χ0n) is 18.4. The van der Waals surface area contributed by atoms with Crippen LogP contribution in [0.5, 0.6) is 0 Å². The number of hydrogen-bond acceptors (Lipinski definition) is 3. The molecule has 8 heteroatoms. The van der Waals surface area contributed by atoms with E-state index in [4.69, 9.17) is 0 Å². The maximum absolute atomic E-state index is 14.7. The number of anilines is 1. The van der Waals surface area contributed by atoms with E-state index < -0.39 is 17.7 Å². The normalized spacial score (nSPS) is 32.0. The standard InChI is InChI=1S/C24H30F4N2OS/c1-15-6-19(25)20(10-21(15)32-14-24(26,27)28)29-2-4-30(5-3-29)22(31)23-11-16-7-17(12-23)9-18(8-16)13-23/h6,10,16-18H,2-5,7-9,11-14H2,1H3. The fourth-order valence-corrected chi connectivity index (χ4v) is 7.86. The van der Waals surface area contributed by atoms with Gasteiger partial charge in [0, 0.05) is 31.1 Å². The second-order valence-corrected chi connectivity index (χ2v) is 11.5. The van der Waals surface area contributed by atoms with Crippen LogP contribution in [0, 0.1) is 35.9 Å². The summed E-state index contributed by atoms with van der Waals surface area (Å²) >= 11 is 0.696. The Bertz CT molecular complexity index is 859. The molecule has 1 aliphatic heterocycles. The molecule has 5 fully saturated rings. The van der Waals surface area contributed by atoms with E-state index in [2.05, 4.69) is 0 Å². The maximum Gasteiger partial charge on any atom is 0.398 e. The Balaban J connectivity index is 1.25. The fraction of sp³-hybridized carbons (Fsp3) is 0.708. The van der Waals surface area contributed by atoms with Crippen molar-refractivity contribution in [3.05, 3.63) is 23.5 Å². The first kappa shape index (κ1) is 22.4. The van der Waals surface area contributed by atoms with Crippen molar-refractivity contribution in [3.63, 3.8) is 0 Å². The number of halogens is 4. The Morgan fingerprint density at radius 1 is 1.03 bits per heavy atom. The lowest BCUT2D eigenvalue weighted by Crippen LogP contribution is -2.58. The number of carbonyl (C=O) groups is 1. The molecule has 1 saturated heterocycles. The Labute approximate surface area is 190 Å². The number of thioether (sulfide) groups is 1. The highest BCUT2D eigenvalue weighted by Gasteiger charge is 2.55. The second-order valence-electron chi connectivity index (χ2n) is 10.5. The molecule has 1 aromatic carbocycles. The largest absolute Gasteiger partial charge is 0.398 e. The minimum Gasteiger partial charge on any atom is -0.366 e. The van der Waals surface area contributed by atoms with E-state index in [9.17, 15) is 22.4 Å². The van der Waals surface area contributed by atoms with Crippen molar-refractivity contribution >= 4 is 23.4 Å². The molecule has 0 N–H and O–H groups in total. The molecule has 4 bridgehead atoms. The van der Waals surface area contributed by atoms with E-state index in [1.807, 2.05) is 9.80 Å². The number of hydrogen-bond donors (Lipinski definition) is 0. The summed E-state index contributed by atoms with van der Waals surface area (Å²) in [6, 6.07) is 2.86. The molecular weight excluding hydrogens is 440 g/mol. The van der Waals surface area contributed by atoms with Crippen molar-refractivity contribution in [2.24, 2.45) is 23.2 Å². The third kappa shape index (κ3) is 4.24. The minimum atomic E-state index is -4.27. The Hall–Kier alpha value is -1.44. The van der Waals surface area contributed by atoms with Gasteiger partial charge in [-0.3, -0.25) is 4.79 Å². The van der Waals surface area contributed by atoms with Crippen LogP contribution in [0.3, 0.4) is 0 Å². The van der Waals surface area contributed by atoms with Crippen LogP contribution in [-0.2, 0) is 4.79 Å². The van der Waals surface area contributed by atoms with E-state index in [1.165, 1.54) is 31.4 Å². The van der Waals surface area contributed by atoms with Crippen molar-refractivity contribution < 1.29 is 22.4 Å². The molecule has 32 heavy (non-hydrogen) atoms. The van der Waals surface area contributed by atoms with E-state index in [1.54, 1.807) is 6.92 Å². The van der Waals surface area contributed by atoms with Crippen molar-refractivity contribution in [3.8, 4) is 0 Å². The molecule has 1 heterocycles. The molecule has 4 aliphatic carbocycles. The molecule has 3 nitrogen and oxygen atoms in total. The van der Waals surface area contributed by atoms with Gasteiger partial charge in [0.1, 0.15) is 5.82 Å². The first-order valence-corrected chi connectivity index (χ1v) is 12.6. The van der Waals surface area contributed by atoms with Gasteiger partial charge in [0.15, 0.2) is 0 Å². The highest BCUT2D eigenvalue weighted by Crippen LogP contribution is 2.60. The van der Waals surface area contributed by atoms with Crippen LogP contribution in [0.2, 0.25) is 0 Å². The number of amides is 1. The zero-order valence-corrected chi connectivity index (χ0v) is 19.2. The Kier molecular flexibility index (Phi) is 5.66. The van der Waals surface area contributed by atoms with Gasteiger partial charge in [0.05, 0.1) is 16.9 Å². The predicted octanol–water partition coefficient (Wildman–Crippen LogP) is 5.65. The van der Waals surface area contributed by atoms with Gasteiger partial charge in [-0.2, -0.15) is 13.2 Å². The average Bonchev–Trinajstić information content (AvgIpc) is 2.71. The highest BCUT2D eigenvalue weighted by atomic mass is 32.2. The number of alkyl halides is 3. The summed E-state index contributed by atoms with van der Waals surface area (Å²) in [7, 11) is 0. The summed E-state index contributed by atoms with van der Waals surface area (Å²) in [4.78, 5) is 17.9. The number of nitrogens with zero attached hydrogens (tertiary/aromatic N) is 2. The average molecular weight is 471 g/mol. The van der Waals surface area contributed by atoms with Gasteiger partial charge in [0.2, 0.25) is 5.91 Å². The number of piperazine rings is 1. The molecule has 0 atom stereocenters. The molecular formula is C24H30F4N2OS. The van der Waals surface area contributed by atoms with Crippen molar-refractivity contribution in [2.45, 2.75) is 56.5 Å². The lowest BCUT2D eigenvalue weighted by molar-refractivity contribution is -0.158. The molecule has 1 aromatic rings. The van der Waals surface area contributed by atoms with Gasteiger partial charge in [-0.15, -0.1) is 11.8 Å². The Morgan fingerprint density at radius 3 is 2.12 bits per heavy atom. The zero-order chi connectivity index (χ0) is 22.7. The second kappa shape index (κ2) is 8.10. The molecule has 4 saturated carbocycles. The smallest absolute Gasteiger partial charge is 0.366 e. The summed E-state index contributed by atoms with van der Waals surface area (Å²) in [6.45, 7) is 3.72. The van der Waals surface area contributed by atoms with Crippen LogP contribution in [0.15, 0.2) is 17.0 Å². The molecule has 6 rings (SSSR count). The van der Waals surface area contributed by atoms with Gasteiger partial charge in [0.25, 0.3) is 0 Å². The van der Waals surface area contributed by atoms with Gasteiger partial charge in [-0.05, 0) is 80.9 Å². The fourth-order valence-electron chi connectivity index (χ4n) is 7.06. The third-order valence-electron chi connectivity index (χ3n) is 8.04. The van der Waals surface area contributed by atoms with Crippen LogP contribution < -0.4 is 4.90 Å². The van der Waals surface area contributed by atoms with Crippen molar-refractivity contribution in [1.29, 1.82) is 0 Å². The van der Waals surface area contributed by atoms with Crippen molar-refractivity contribution in [1.82, 2.24) is 4.90 Å². The summed E-state index contributed by atoms with van der Waals surface area (Å²) in [5, 5.41) is 0. The van der Waals surface area contributed by atoms with E-state index in [0.29, 0.717) is 77.7 Å². The quantitative estimate of drug-likeness (QED) is 0.420. The molecule has 0 aromatic heterocycles. The van der Waals surface area contributed by atoms with Crippen LogP contribution in [-0.4, -0.2) is 48.9 Å². The monoisotopic (exact) mass is 470 g/mol. The number of aryl methyl sites for hydroxylation is 1. The number of benzene rings is 1. The number of rotatable bonds is 4. The highest BCUT2D eigenvalue weighted by molar-refractivity contribution is 7.99. The lowest BCUT2D eigenvalue weighted by Gasteiger charge is -2.57. The predicted molar refractivity (Wildman–Crippen MR) is 117 cm³/mol.